The third kappa shape index (κ3) is 5.75. The van der Waals surface area contributed by atoms with Crippen LogP contribution in [0, 0.1) is 0 Å². The Morgan fingerprint density at radius 1 is 1.03 bits per heavy atom. The number of nitrogens with one attached hydrogen (secondary N) is 2. The van der Waals surface area contributed by atoms with E-state index in [4.69, 9.17) is 9.47 Å². The fraction of sp³-hybridized carbons (Fsp3) is 0.348. The fourth-order valence-electron chi connectivity index (χ4n) is 3.28. The van der Waals surface area contributed by atoms with E-state index < -0.39 is 29.7 Å². The van der Waals surface area contributed by atoms with E-state index >= 15 is 0 Å². The second kappa shape index (κ2) is 9.07. The Labute approximate surface area is 180 Å². The summed E-state index contributed by atoms with van der Waals surface area (Å²) in [6.07, 6.45) is -1.01. The molecule has 3 rings (SSSR count). The minimum Gasteiger partial charge on any atom is -0.480 e. The first-order chi connectivity index (χ1) is 14.6. The highest BCUT2D eigenvalue weighted by Crippen LogP contribution is 2.42. The largest absolute Gasteiger partial charge is 0.480 e. The first-order valence-electron chi connectivity index (χ1n) is 10.0. The molecule has 0 unspecified atom stereocenters. The molecule has 31 heavy (non-hydrogen) atoms. The Balaban J connectivity index is 1.67. The van der Waals surface area contributed by atoms with Crippen LogP contribution in [0.2, 0.25) is 0 Å². The molecular formula is C23H26N2O6. The van der Waals surface area contributed by atoms with Crippen LogP contribution >= 0.6 is 0 Å². The average Bonchev–Trinajstić information content (AvgIpc) is 2.69. The van der Waals surface area contributed by atoms with Gasteiger partial charge in [0.1, 0.15) is 23.1 Å². The van der Waals surface area contributed by atoms with Gasteiger partial charge in [0.15, 0.2) is 0 Å². The number of carboxylic acid groups (broad SMARTS) is 1. The number of fused-ring (bicyclic) bond motifs is 2. The summed E-state index contributed by atoms with van der Waals surface area (Å²) in [5, 5.41) is 14.7. The molecule has 1 aliphatic rings. The van der Waals surface area contributed by atoms with Gasteiger partial charge in [0.05, 0.1) is 6.04 Å². The number of carbonyl (C=O) groups excluding carboxylic acids is 2. The summed E-state index contributed by atoms with van der Waals surface area (Å²) >= 11 is 0. The van der Waals surface area contributed by atoms with Crippen molar-refractivity contribution in [3.05, 3.63) is 59.7 Å². The summed E-state index contributed by atoms with van der Waals surface area (Å²) in [6, 6.07) is 13.2. The standard InChI is InChI=1S/C23H26N2O6/c1-23(2,3)31-22(29)24-16(21(27)28)12-13-19(26)25-20-14-8-4-6-10-17(14)30-18-11-7-5-9-15(18)20/h4-11,16,20H,12-13H2,1-3H3,(H,24,29)(H,25,26)(H,27,28)/t16-/m1/s1. The maximum Gasteiger partial charge on any atom is 0.408 e. The van der Waals surface area contributed by atoms with Gasteiger partial charge in [-0.1, -0.05) is 36.4 Å². The van der Waals surface area contributed by atoms with E-state index in [9.17, 15) is 19.5 Å². The third-order valence-electron chi connectivity index (χ3n) is 4.63. The maximum absolute atomic E-state index is 12.7. The van der Waals surface area contributed by atoms with Crippen molar-refractivity contribution in [3.63, 3.8) is 0 Å². The predicted molar refractivity (Wildman–Crippen MR) is 113 cm³/mol. The molecule has 2 aromatic carbocycles. The number of aliphatic carboxylic acids is 1. The molecule has 164 valence electrons. The van der Waals surface area contributed by atoms with Crippen molar-refractivity contribution in [2.24, 2.45) is 0 Å². The summed E-state index contributed by atoms with van der Waals surface area (Å²) in [5.74, 6) is -0.267. The van der Waals surface area contributed by atoms with Crippen molar-refractivity contribution >= 4 is 18.0 Å². The molecule has 0 saturated carbocycles. The van der Waals surface area contributed by atoms with E-state index in [0.717, 1.165) is 11.1 Å². The molecule has 0 aromatic heterocycles. The van der Waals surface area contributed by atoms with Gasteiger partial charge in [0.25, 0.3) is 0 Å². The summed E-state index contributed by atoms with van der Waals surface area (Å²) in [4.78, 5) is 36.1. The van der Waals surface area contributed by atoms with E-state index in [0.29, 0.717) is 11.5 Å². The number of hydrogen-bond donors (Lipinski definition) is 3. The van der Waals surface area contributed by atoms with Crippen LogP contribution in [0.5, 0.6) is 11.5 Å². The van der Waals surface area contributed by atoms with Gasteiger partial charge in [0.2, 0.25) is 5.91 Å². The number of para-hydroxylation sites is 2. The smallest absolute Gasteiger partial charge is 0.408 e. The first kappa shape index (κ1) is 22.1. The normalized spacial score (nSPS) is 13.8. The van der Waals surface area contributed by atoms with E-state index in [1.807, 2.05) is 48.5 Å². The van der Waals surface area contributed by atoms with Gasteiger partial charge in [-0.25, -0.2) is 9.59 Å². The van der Waals surface area contributed by atoms with Gasteiger partial charge in [-0.3, -0.25) is 4.79 Å². The highest BCUT2D eigenvalue weighted by molar-refractivity contribution is 5.82. The number of carboxylic acids is 1. The van der Waals surface area contributed by atoms with E-state index in [2.05, 4.69) is 10.6 Å². The molecule has 0 aliphatic carbocycles. The third-order valence-corrected chi connectivity index (χ3v) is 4.63. The van der Waals surface area contributed by atoms with Crippen LogP contribution in [0.1, 0.15) is 50.8 Å². The van der Waals surface area contributed by atoms with Crippen LogP contribution < -0.4 is 15.4 Å². The second-order valence-electron chi connectivity index (χ2n) is 8.25. The number of benzene rings is 2. The van der Waals surface area contributed by atoms with Crippen molar-refractivity contribution in [2.75, 3.05) is 0 Å². The first-order valence-corrected chi connectivity index (χ1v) is 10.0. The van der Waals surface area contributed by atoms with Crippen molar-refractivity contribution in [3.8, 4) is 11.5 Å². The lowest BCUT2D eigenvalue weighted by Gasteiger charge is -2.29. The van der Waals surface area contributed by atoms with Crippen molar-refractivity contribution in [2.45, 2.75) is 51.3 Å². The Hall–Kier alpha value is -3.55. The zero-order valence-corrected chi connectivity index (χ0v) is 17.7. The summed E-state index contributed by atoms with van der Waals surface area (Å²) < 4.78 is 11.0. The SMILES string of the molecule is CC(C)(C)OC(=O)N[C@H](CCC(=O)NC1c2ccccc2Oc2ccccc21)C(=O)O. The van der Waals surface area contributed by atoms with Crippen molar-refractivity contribution in [1.29, 1.82) is 0 Å². The highest BCUT2D eigenvalue weighted by atomic mass is 16.6. The Kier molecular flexibility index (Phi) is 6.48. The minimum atomic E-state index is -1.24. The van der Waals surface area contributed by atoms with Crippen LogP contribution in [-0.4, -0.2) is 34.7 Å². The molecule has 8 nitrogen and oxygen atoms in total. The molecule has 1 aliphatic heterocycles. The zero-order chi connectivity index (χ0) is 22.6. The van der Waals surface area contributed by atoms with Crippen LogP contribution in [0.3, 0.4) is 0 Å². The minimum absolute atomic E-state index is 0.0765. The van der Waals surface area contributed by atoms with E-state index in [-0.39, 0.29) is 18.7 Å². The molecule has 2 aromatic rings. The van der Waals surface area contributed by atoms with E-state index in [1.165, 1.54) is 0 Å². The van der Waals surface area contributed by atoms with Gasteiger partial charge in [-0.2, -0.15) is 0 Å². The molecule has 0 spiro atoms. The number of ether oxygens (including phenoxy) is 2. The van der Waals surface area contributed by atoms with Gasteiger partial charge in [-0.15, -0.1) is 0 Å². The van der Waals surface area contributed by atoms with Gasteiger partial charge >= 0.3 is 12.1 Å². The van der Waals surface area contributed by atoms with Gasteiger partial charge < -0.3 is 25.2 Å². The summed E-state index contributed by atoms with van der Waals surface area (Å²) in [5.41, 5.74) is 0.876. The molecule has 1 heterocycles. The topological polar surface area (TPSA) is 114 Å². The second-order valence-corrected chi connectivity index (χ2v) is 8.25. The lowest BCUT2D eigenvalue weighted by molar-refractivity contribution is -0.139. The van der Waals surface area contributed by atoms with Crippen LogP contribution in [0.4, 0.5) is 4.79 Å². The Morgan fingerprint density at radius 3 is 2.10 bits per heavy atom. The lowest BCUT2D eigenvalue weighted by Crippen LogP contribution is -2.44. The Morgan fingerprint density at radius 2 is 1.58 bits per heavy atom. The number of amides is 2. The number of hydrogen-bond acceptors (Lipinski definition) is 5. The molecule has 2 amide bonds. The summed E-state index contributed by atoms with van der Waals surface area (Å²) in [7, 11) is 0. The summed E-state index contributed by atoms with van der Waals surface area (Å²) in [6.45, 7) is 5.04. The predicted octanol–water partition coefficient (Wildman–Crippen LogP) is 3.76. The molecule has 0 saturated heterocycles. The van der Waals surface area contributed by atoms with Crippen molar-refractivity contribution < 1.29 is 29.0 Å². The van der Waals surface area contributed by atoms with Crippen molar-refractivity contribution in [1.82, 2.24) is 10.6 Å². The van der Waals surface area contributed by atoms with Crippen LogP contribution in [0.15, 0.2) is 48.5 Å². The molecule has 0 bridgehead atoms. The van der Waals surface area contributed by atoms with Crippen LogP contribution in [0.25, 0.3) is 0 Å². The van der Waals surface area contributed by atoms with Gasteiger partial charge in [0, 0.05) is 17.5 Å². The van der Waals surface area contributed by atoms with Gasteiger partial charge in [-0.05, 0) is 39.3 Å². The molecule has 3 N–H and O–H groups in total. The number of alkyl carbamates (subject to hydrolysis) is 1. The molecular weight excluding hydrogens is 400 g/mol. The monoisotopic (exact) mass is 426 g/mol. The zero-order valence-electron chi connectivity index (χ0n) is 17.7. The Bertz CT molecular complexity index is 937. The number of rotatable bonds is 6. The molecule has 0 fully saturated rings. The molecule has 1 atom stereocenters. The average molecular weight is 426 g/mol. The number of carbonyl (C=O) groups is 3. The fourth-order valence-corrected chi connectivity index (χ4v) is 3.28. The molecule has 8 heteroatoms. The maximum atomic E-state index is 12.7. The van der Waals surface area contributed by atoms with E-state index in [1.54, 1.807) is 20.8 Å². The molecule has 0 radical (unpaired) electrons. The highest BCUT2D eigenvalue weighted by Gasteiger charge is 2.29. The quantitative estimate of drug-likeness (QED) is 0.648. The lowest BCUT2D eigenvalue weighted by atomic mass is 9.94. The van der Waals surface area contributed by atoms with Crippen LogP contribution in [-0.2, 0) is 14.3 Å².